The lowest BCUT2D eigenvalue weighted by Crippen LogP contribution is -2.49. The summed E-state index contributed by atoms with van der Waals surface area (Å²) in [5, 5.41) is 2.86. The predicted octanol–water partition coefficient (Wildman–Crippen LogP) is 3.52. The minimum absolute atomic E-state index is 0.00604. The lowest BCUT2D eigenvalue weighted by Gasteiger charge is -2.45. The summed E-state index contributed by atoms with van der Waals surface area (Å²) >= 11 is 0. The number of likely N-dealkylation sites (tertiary alicyclic amines) is 1. The monoisotopic (exact) mass is 346 g/mol. The average Bonchev–Trinajstić information content (AvgIpc) is 3.06. The summed E-state index contributed by atoms with van der Waals surface area (Å²) in [4.78, 5) is 26.9. The zero-order chi connectivity index (χ0) is 17.7. The van der Waals surface area contributed by atoms with Gasteiger partial charge in [0.25, 0.3) is 5.91 Å². The van der Waals surface area contributed by atoms with E-state index in [1.807, 2.05) is 18.2 Å². The Kier molecular flexibility index (Phi) is 3.59. The summed E-state index contributed by atoms with van der Waals surface area (Å²) in [6.45, 7) is 0.825. The highest BCUT2D eigenvalue weighted by atomic mass is 16.2. The minimum atomic E-state index is 0.00604. The Morgan fingerprint density at radius 1 is 1.08 bits per heavy atom. The van der Waals surface area contributed by atoms with Gasteiger partial charge in [-0.2, -0.15) is 0 Å². The largest absolute Gasteiger partial charge is 0.335 e. The topological polar surface area (TPSA) is 49.4 Å². The van der Waals surface area contributed by atoms with Crippen LogP contribution in [0.15, 0.2) is 42.5 Å². The van der Waals surface area contributed by atoms with Crippen LogP contribution in [0.5, 0.6) is 0 Å². The molecule has 0 saturated carbocycles. The number of anilines is 1. The molecule has 0 aromatic heterocycles. The second-order valence-electron chi connectivity index (χ2n) is 7.65. The van der Waals surface area contributed by atoms with E-state index in [-0.39, 0.29) is 17.9 Å². The van der Waals surface area contributed by atoms with Crippen LogP contribution in [0.2, 0.25) is 0 Å². The van der Waals surface area contributed by atoms with Gasteiger partial charge in [-0.15, -0.1) is 0 Å². The van der Waals surface area contributed by atoms with Crippen molar-refractivity contribution in [2.75, 3.05) is 11.9 Å². The van der Waals surface area contributed by atoms with Gasteiger partial charge in [-0.3, -0.25) is 9.59 Å². The van der Waals surface area contributed by atoms with Crippen molar-refractivity contribution in [2.24, 2.45) is 0 Å². The van der Waals surface area contributed by atoms with Crippen molar-refractivity contribution in [1.82, 2.24) is 4.90 Å². The van der Waals surface area contributed by atoms with Gasteiger partial charge in [0.15, 0.2) is 0 Å². The number of piperidine rings is 1. The molecule has 0 bridgehead atoms. The van der Waals surface area contributed by atoms with E-state index in [0.29, 0.717) is 17.9 Å². The van der Waals surface area contributed by atoms with Gasteiger partial charge < -0.3 is 10.2 Å². The van der Waals surface area contributed by atoms with Crippen LogP contribution in [0.1, 0.15) is 52.2 Å². The normalized spacial score (nSPS) is 23.7. The maximum Gasteiger partial charge on any atom is 0.254 e. The number of benzene rings is 2. The third-order valence-electron chi connectivity index (χ3n) is 6.19. The van der Waals surface area contributed by atoms with E-state index in [9.17, 15) is 9.59 Å². The summed E-state index contributed by atoms with van der Waals surface area (Å²) < 4.78 is 0. The van der Waals surface area contributed by atoms with Crippen molar-refractivity contribution in [3.05, 3.63) is 64.7 Å². The Bertz CT molecular complexity index is 905. The maximum absolute atomic E-state index is 13.3. The van der Waals surface area contributed by atoms with Gasteiger partial charge in [-0.1, -0.05) is 30.3 Å². The van der Waals surface area contributed by atoms with Gasteiger partial charge in [0.1, 0.15) is 0 Å². The van der Waals surface area contributed by atoms with Gasteiger partial charge in [0.05, 0.1) is 6.42 Å². The molecule has 2 heterocycles. The molecule has 0 spiro atoms. The summed E-state index contributed by atoms with van der Waals surface area (Å²) in [5.74, 6) is 0.557. The zero-order valence-corrected chi connectivity index (χ0v) is 14.7. The third kappa shape index (κ3) is 2.44. The highest BCUT2D eigenvalue weighted by Crippen LogP contribution is 2.41. The van der Waals surface area contributed by atoms with Crippen LogP contribution < -0.4 is 5.32 Å². The van der Waals surface area contributed by atoms with Crippen LogP contribution in [0.25, 0.3) is 0 Å². The molecule has 2 atom stereocenters. The van der Waals surface area contributed by atoms with Crippen LogP contribution in [-0.4, -0.2) is 29.3 Å². The van der Waals surface area contributed by atoms with Crippen LogP contribution in [0, 0.1) is 0 Å². The molecule has 2 aromatic rings. The molecule has 1 fully saturated rings. The SMILES string of the molecule is O=C1Cc2ccc(C(=O)N3CCC[C@@H]4c5ccccc5CC[C@@H]43)cc2N1. The number of carbonyl (C=O) groups excluding carboxylic acids is 2. The number of fused-ring (bicyclic) bond motifs is 4. The highest BCUT2D eigenvalue weighted by molar-refractivity contribution is 6.02. The number of amides is 2. The van der Waals surface area contributed by atoms with E-state index in [1.54, 1.807) is 0 Å². The van der Waals surface area contributed by atoms with Gasteiger partial charge >= 0.3 is 0 Å². The second-order valence-corrected chi connectivity index (χ2v) is 7.65. The first-order valence-corrected chi connectivity index (χ1v) is 9.52. The van der Waals surface area contributed by atoms with Crippen LogP contribution in [0.3, 0.4) is 0 Å². The fraction of sp³-hybridized carbons (Fsp3) is 0.364. The number of carbonyl (C=O) groups is 2. The Labute approximate surface area is 153 Å². The molecule has 1 saturated heterocycles. The summed E-state index contributed by atoms with van der Waals surface area (Å²) in [6.07, 6.45) is 4.69. The molecule has 4 heteroatoms. The standard InChI is InChI=1S/C22H22N2O2/c25-21-13-15-7-8-16(12-19(15)23-21)22(26)24-11-3-6-18-17-5-2-1-4-14(17)9-10-20(18)24/h1-2,4-5,7-8,12,18,20H,3,6,9-11,13H2,(H,23,25)/t18-,20+/m1/s1. The van der Waals surface area contributed by atoms with E-state index in [4.69, 9.17) is 0 Å². The quantitative estimate of drug-likeness (QED) is 0.859. The van der Waals surface area contributed by atoms with E-state index in [0.717, 1.165) is 43.5 Å². The fourth-order valence-corrected chi connectivity index (χ4v) is 4.97. The van der Waals surface area contributed by atoms with Crippen molar-refractivity contribution >= 4 is 17.5 Å². The number of nitrogens with zero attached hydrogens (tertiary/aromatic N) is 1. The first kappa shape index (κ1) is 15.6. The third-order valence-corrected chi connectivity index (χ3v) is 6.19. The first-order valence-electron chi connectivity index (χ1n) is 9.52. The van der Waals surface area contributed by atoms with Gasteiger partial charge in [0, 0.05) is 29.8 Å². The molecule has 3 aliphatic rings. The van der Waals surface area contributed by atoms with E-state index in [2.05, 4.69) is 34.5 Å². The average molecular weight is 346 g/mol. The molecule has 2 aliphatic heterocycles. The van der Waals surface area contributed by atoms with Gasteiger partial charge in [-0.05, 0) is 54.5 Å². The minimum Gasteiger partial charge on any atom is -0.335 e. The van der Waals surface area contributed by atoms with Gasteiger partial charge in [0.2, 0.25) is 5.91 Å². The Morgan fingerprint density at radius 3 is 2.88 bits per heavy atom. The van der Waals surface area contributed by atoms with E-state index >= 15 is 0 Å². The molecule has 26 heavy (non-hydrogen) atoms. The molecule has 1 N–H and O–H groups in total. The van der Waals surface area contributed by atoms with Gasteiger partial charge in [-0.25, -0.2) is 0 Å². The molecular formula is C22H22N2O2. The number of hydrogen-bond donors (Lipinski definition) is 1. The lowest BCUT2D eigenvalue weighted by atomic mass is 9.74. The molecule has 0 unspecified atom stereocenters. The van der Waals surface area contributed by atoms with Crippen molar-refractivity contribution < 1.29 is 9.59 Å². The maximum atomic E-state index is 13.3. The molecule has 132 valence electrons. The fourth-order valence-electron chi connectivity index (χ4n) is 4.97. The zero-order valence-electron chi connectivity index (χ0n) is 14.7. The Balaban J connectivity index is 1.45. The molecule has 5 rings (SSSR count). The van der Waals surface area contributed by atoms with Crippen LogP contribution >= 0.6 is 0 Å². The predicted molar refractivity (Wildman–Crippen MR) is 100 cm³/mol. The van der Waals surface area contributed by atoms with Crippen molar-refractivity contribution in [3.8, 4) is 0 Å². The Morgan fingerprint density at radius 2 is 1.96 bits per heavy atom. The van der Waals surface area contributed by atoms with Crippen molar-refractivity contribution in [2.45, 2.75) is 44.1 Å². The molecule has 0 radical (unpaired) electrons. The second kappa shape index (κ2) is 5.97. The first-order chi connectivity index (χ1) is 12.7. The highest BCUT2D eigenvalue weighted by Gasteiger charge is 2.38. The van der Waals surface area contributed by atoms with Crippen molar-refractivity contribution in [1.29, 1.82) is 0 Å². The molecule has 2 aromatic carbocycles. The summed E-state index contributed by atoms with van der Waals surface area (Å²) in [5.41, 5.74) is 5.34. The number of aryl methyl sites for hydroxylation is 1. The van der Waals surface area contributed by atoms with Crippen LogP contribution in [-0.2, 0) is 17.6 Å². The lowest BCUT2D eigenvalue weighted by molar-refractivity contribution is -0.115. The smallest absolute Gasteiger partial charge is 0.254 e. The Hall–Kier alpha value is -2.62. The molecule has 2 amide bonds. The van der Waals surface area contributed by atoms with E-state index in [1.165, 1.54) is 11.1 Å². The van der Waals surface area contributed by atoms with Crippen LogP contribution in [0.4, 0.5) is 5.69 Å². The number of hydrogen-bond acceptors (Lipinski definition) is 2. The summed E-state index contributed by atoms with van der Waals surface area (Å²) in [7, 11) is 0. The van der Waals surface area contributed by atoms with E-state index < -0.39 is 0 Å². The van der Waals surface area contributed by atoms with Crippen molar-refractivity contribution in [3.63, 3.8) is 0 Å². The number of nitrogens with one attached hydrogen (secondary N) is 1. The summed E-state index contributed by atoms with van der Waals surface area (Å²) in [6, 6.07) is 14.6. The molecular weight excluding hydrogens is 324 g/mol. The molecule has 1 aliphatic carbocycles. The molecule has 4 nitrogen and oxygen atoms in total. The number of rotatable bonds is 1.